The van der Waals surface area contributed by atoms with Crippen molar-refractivity contribution in [3.8, 4) is 34.5 Å². The van der Waals surface area contributed by atoms with Crippen LogP contribution in [0.15, 0.2) is 109 Å². The van der Waals surface area contributed by atoms with Gasteiger partial charge in [0.05, 0.1) is 16.2 Å². The van der Waals surface area contributed by atoms with Gasteiger partial charge in [-0.1, -0.05) is 72.8 Å². The monoisotopic (exact) mass is 600 g/mol. The van der Waals surface area contributed by atoms with Gasteiger partial charge in [-0.15, -0.1) is 0 Å². The van der Waals surface area contributed by atoms with Gasteiger partial charge in [0.15, 0.2) is 0 Å². The molecule has 0 spiro atoms. The fourth-order valence-electron chi connectivity index (χ4n) is 5.39. The molecular weight excluding hydrogens is 573 g/mol. The molecule has 0 radical (unpaired) electrons. The molecule has 3 aliphatic heterocycles. The van der Waals surface area contributed by atoms with E-state index in [0.717, 1.165) is 66.8 Å². The van der Waals surface area contributed by atoms with Crippen LogP contribution in [0.2, 0.25) is 0 Å². The molecule has 0 N–H and O–H groups in total. The second-order valence-corrected chi connectivity index (χ2v) is 10.1. The highest BCUT2D eigenvalue weighted by Crippen LogP contribution is 2.39. The summed E-state index contributed by atoms with van der Waals surface area (Å²) in [7, 11) is 2.72. The molecule has 6 aromatic carbocycles. The van der Waals surface area contributed by atoms with Gasteiger partial charge in [0.25, 0.3) is 0 Å². The summed E-state index contributed by atoms with van der Waals surface area (Å²) < 4.78 is 48.2. The van der Waals surface area contributed by atoms with Crippen molar-refractivity contribution in [1.82, 2.24) is 0 Å². The van der Waals surface area contributed by atoms with E-state index in [1.165, 1.54) is 0 Å². The third kappa shape index (κ3) is 5.67. The average molecular weight is 600 g/mol. The predicted molar refractivity (Wildman–Crippen MR) is 174 cm³/mol. The molecule has 45 heavy (non-hydrogen) atoms. The zero-order chi connectivity index (χ0) is 30.8. The Hall–Kier alpha value is -5.03. The van der Waals surface area contributed by atoms with Crippen molar-refractivity contribution >= 4 is 54.3 Å². The fourth-order valence-corrected chi connectivity index (χ4v) is 5.39. The van der Waals surface area contributed by atoms with Crippen molar-refractivity contribution in [3.63, 3.8) is 0 Å². The maximum Gasteiger partial charge on any atom is 0.787 e. The van der Waals surface area contributed by atoms with E-state index < -0.39 is 22.0 Å². The molecule has 0 amide bonds. The standard InChI is InChI=1S/3C11H9BO3/c3*1-13-12-14-9-6-2-4-8-5-3-7-10(15-12)11(8)9/h3*2-7H,1H3. The lowest BCUT2D eigenvalue weighted by molar-refractivity contribution is 0.242. The van der Waals surface area contributed by atoms with Crippen LogP contribution in [0.3, 0.4) is 0 Å². The minimum Gasteiger partial charge on any atom is -0.500 e. The van der Waals surface area contributed by atoms with Crippen LogP contribution in [0.5, 0.6) is 34.5 Å². The van der Waals surface area contributed by atoms with Crippen molar-refractivity contribution in [1.29, 1.82) is 0 Å². The number of rotatable bonds is 3. The zero-order valence-electron chi connectivity index (χ0n) is 24.8. The first-order valence-corrected chi connectivity index (χ1v) is 14.3. The molecule has 3 heterocycles. The van der Waals surface area contributed by atoms with Crippen molar-refractivity contribution < 1.29 is 41.9 Å². The Morgan fingerprint density at radius 2 is 0.533 bits per heavy atom. The van der Waals surface area contributed by atoms with Crippen LogP contribution in [-0.4, -0.2) is 43.3 Å². The molecule has 0 unspecified atom stereocenters. The van der Waals surface area contributed by atoms with Gasteiger partial charge >= 0.3 is 22.0 Å². The van der Waals surface area contributed by atoms with Crippen molar-refractivity contribution in [2.75, 3.05) is 21.3 Å². The lowest BCUT2D eigenvalue weighted by Gasteiger charge is -2.22. The van der Waals surface area contributed by atoms with E-state index in [1.54, 1.807) is 21.3 Å². The molecule has 0 fully saturated rings. The highest BCUT2D eigenvalue weighted by molar-refractivity contribution is 6.41. The van der Waals surface area contributed by atoms with E-state index in [2.05, 4.69) is 0 Å². The molecule has 9 nitrogen and oxygen atoms in total. The van der Waals surface area contributed by atoms with Crippen LogP contribution in [0, 0.1) is 0 Å². The highest BCUT2D eigenvalue weighted by Gasteiger charge is 2.33. The summed E-state index contributed by atoms with van der Waals surface area (Å²) in [5.41, 5.74) is 0. The molecule has 3 aliphatic rings. The van der Waals surface area contributed by atoms with Gasteiger partial charge in [-0.3, -0.25) is 0 Å². The molecule has 0 aliphatic carbocycles. The van der Waals surface area contributed by atoms with Crippen LogP contribution in [0.1, 0.15) is 0 Å². The maximum atomic E-state index is 5.51. The fraction of sp³-hybridized carbons (Fsp3) is 0.0909. The smallest absolute Gasteiger partial charge is 0.500 e. The lowest BCUT2D eigenvalue weighted by Crippen LogP contribution is -2.34. The third-order valence-electron chi connectivity index (χ3n) is 7.40. The molecule has 0 aromatic heterocycles. The summed E-state index contributed by atoms with van der Waals surface area (Å²) in [5, 5.41) is 6.36. The van der Waals surface area contributed by atoms with Gasteiger partial charge in [-0.05, 0) is 52.6 Å². The normalized spacial score (nSPS) is 13.5. The lowest BCUT2D eigenvalue weighted by atomic mass is 10.0. The van der Waals surface area contributed by atoms with Gasteiger partial charge in [0.1, 0.15) is 34.5 Å². The van der Waals surface area contributed by atoms with Gasteiger partial charge < -0.3 is 41.9 Å². The van der Waals surface area contributed by atoms with Crippen molar-refractivity contribution in [2.24, 2.45) is 0 Å². The first-order valence-electron chi connectivity index (χ1n) is 14.3. The van der Waals surface area contributed by atoms with E-state index >= 15 is 0 Å². The Morgan fingerprint density at radius 1 is 0.333 bits per heavy atom. The van der Waals surface area contributed by atoms with Crippen LogP contribution in [0.4, 0.5) is 0 Å². The maximum absolute atomic E-state index is 5.51. The van der Waals surface area contributed by atoms with E-state index in [-0.39, 0.29) is 0 Å². The average Bonchev–Trinajstić information content (AvgIpc) is 3.09. The third-order valence-corrected chi connectivity index (χ3v) is 7.40. The Kier molecular flexibility index (Phi) is 8.00. The largest absolute Gasteiger partial charge is 0.787 e. The van der Waals surface area contributed by atoms with E-state index in [0.29, 0.717) is 0 Å². The number of hydrogen-bond donors (Lipinski definition) is 0. The topological polar surface area (TPSA) is 83.1 Å². The molecule has 6 aromatic rings. The highest BCUT2D eigenvalue weighted by atomic mass is 16.7. The molecule has 0 atom stereocenters. The van der Waals surface area contributed by atoms with E-state index in [9.17, 15) is 0 Å². The molecule has 222 valence electrons. The molecule has 0 saturated carbocycles. The molecule has 0 saturated heterocycles. The van der Waals surface area contributed by atoms with Gasteiger partial charge in [-0.25, -0.2) is 0 Å². The van der Waals surface area contributed by atoms with Crippen molar-refractivity contribution in [3.05, 3.63) is 109 Å². The van der Waals surface area contributed by atoms with Crippen LogP contribution in [-0.2, 0) is 14.0 Å². The molecule has 9 rings (SSSR count). The number of benzene rings is 6. The number of hydrogen-bond acceptors (Lipinski definition) is 9. The van der Waals surface area contributed by atoms with Crippen LogP contribution in [0.25, 0.3) is 32.3 Å². The Bertz CT molecular complexity index is 1640. The summed E-state index contributed by atoms with van der Waals surface area (Å²) in [6.07, 6.45) is 0. The van der Waals surface area contributed by atoms with E-state index in [1.807, 2.05) is 109 Å². The minimum atomic E-state index is -0.648. The summed E-state index contributed by atoms with van der Waals surface area (Å²) >= 11 is 0. The second-order valence-electron chi connectivity index (χ2n) is 10.1. The van der Waals surface area contributed by atoms with Gasteiger partial charge in [-0.2, -0.15) is 0 Å². The SMILES string of the molecule is COB1Oc2cccc3cccc(c23)O1.COB1Oc2cccc3cccc(c23)O1.COB1Oc2cccc3cccc(c23)O1. The summed E-state index contributed by atoms with van der Waals surface area (Å²) in [6, 6.07) is 35.4. The quantitative estimate of drug-likeness (QED) is 0.206. The summed E-state index contributed by atoms with van der Waals surface area (Å²) in [4.78, 5) is 0. The first kappa shape index (κ1) is 28.7. The second kappa shape index (κ2) is 12.5. The van der Waals surface area contributed by atoms with E-state index in [4.69, 9.17) is 41.9 Å². The Labute approximate surface area is 260 Å². The van der Waals surface area contributed by atoms with Crippen molar-refractivity contribution in [2.45, 2.75) is 0 Å². The Morgan fingerprint density at radius 3 is 0.711 bits per heavy atom. The zero-order valence-corrected chi connectivity index (χ0v) is 24.8. The molecular formula is C33H27B3O9. The predicted octanol–water partition coefficient (Wildman–Crippen LogP) is 6.73. The minimum absolute atomic E-state index is 0.648. The molecule has 0 bridgehead atoms. The Balaban J connectivity index is 0.000000108. The van der Waals surface area contributed by atoms with Crippen LogP contribution >= 0.6 is 0 Å². The molecule has 12 heteroatoms. The first-order chi connectivity index (χ1) is 22.1. The van der Waals surface area contributed by atoms with Gasteiger partial charge in [0.2, 0.25) is 0 Å². The summed E-state index contributed by atoms with van der Waals surface area (Å²) in [5.74, 6) is 4.84. The summed E-state index contributed by atoms with van der Waals surface area (Å²) in [6.45, 7) is 0. The van der Waals surface area contributed by atoms with Crippen LogP contribution < -0.4 is 27.9 Å². The van der Waals surface area contributed by atoms with Gasteiger partial charge in [0, 0.05) is 21.3 Å².